The van der Waals surface area contributed by atoms with Gasteiger partial charge in [0, 0.05) is 13.7 Å². The maximum atomic E-state index is 5.77. The Labute approximate surface area is 100.0 Å². The van der Waals surface area contributed by atoms with Gasteiger partial charge in [0.2, 0.25) is 5.89 Å². The second-order valence-electron chi connectivity index (χ2n) is 4.58. The molecule has 2 heterocycles. The molecule has 1 fully saturated rings. The number of fused-ring (bicyclic) bond motifs is 1. The van der Waals surface area contributed by atoms with E-state index in [1.165, 1.54) is 5.56 Å². The topological polar surface area (TPSA) is 47.3 Å². The molecule has 0 amide bonds. The summed E-state index contributed by atoms with van der Waals surface area (Å²) in [5.41, 5.74) is 2.99. The van der Waals surface area contributed by atoms with Gasteiger partial charge in [-0.15, -0.1) is 0 Å². The van der Waals surface area contributed by atoms with Crippen molar-refractivity contribution in [3.8, 4) is 0 Å². The number of oxazole rings is 1. The Balaban J connectivity index is 1.91. The Morgan fingerprint density at radius 3 is 3.12 bits per heavy atom. The molecule has 4 heteroatoms. The van der Waals surface area contributed by atoms with Crippen LogP contribution in [0.15, 0.2) is 22.6 Å². The van der Waals surface area contributed by atoms with E-state index in [2.05, 4.69) is 17.2 Å². The highest BCUT2D eigenvalue weighted by Crippen LogP contribution is 2.27. The molecule has 1 aliphatic heterocycles. The van der Waals surface area contributed by atoms with E-state index in [1.54, 1.807) is 7.11 Å². The molecule has 0 aliphatic carbocycles. The minimum atomic E-state index is 0.174. The average Bonchev–Trinajstić information content (AvgIpc) is 2.93. The van der Waals surface area contributed by atoms with Crippen LogP contribution in [0.2, 0.25) is 0 Å². The number of hydrogen-bond acceptors (Lipinski definition) is 4. The predicted octanol–water partition coefficient (Wildman–Crippen LogP) is 2.19. The number of aryl methyl sites for hydroxylation is 1. The number of rotatable bonds is 2. The number of methoxy groups -OCH3 is 1. The second-order valence-corrected chi connectivity index (χ2v) is 4.58. The lowest BCUT2D eigenvalue weighted by molar-refractivity contribution is 0.116. The van der Waals surface area contributed by atoms with Crippen LogP contribution < -0.4 is 5.32 Å². The molecule has 1 aromatic heterocycles. The summed E-state index contributed by atoms with van der Waals surface area (Å²) in [5, 5.41) is 3.37. The van der Waals surface area contributed by atoms with Gasteiger partial charge in [0.25, 0.3) is 0 Å². The van der Waals surface area contributed by atoms with Crippen molar-refractivity contribution in [3.05, 3.63) is 29.7 Å². The van der Waals surface area contributed by atoms with Gasteiger partial charge in [-0.05, 0) is 31.0 Å². The Hall–Kier alpha value is -1.39. The van der Waals surface area contributed by atoms with Crippen LogP contribution in [0, 0.1) is 6.92 Å². The van der Waals surface area contributed by atoms with Crippen molar-refractivity contribution >= 4 is 11.1 Å². The maximum absolute atomic E-state index is 5.77. The summed E-state index contributed by atoms with van der Waals surface area (Å²) in [7, 11) is 1.74. The first-order valence-corrected chi connectivity index (χ1v) is 5.89. The van der Waals surface area contributed by atoms with Crippen molar-refractivity contribution in [2.45, 2.75) is 25.5 Å². The number of aromatic nitrogens is 1. The summed E-state index contributed by atoms with van der Waals surface area (Å²) in [6.45, 7) is 2.92. The van der Waals surface area contributed by atoms with Crippen molar-refractivity contribution in [1.29, 1.82) is 0 Å². The van der Waals surface area contributed by atoms with E-state index in [-0.39, 0.29) is 12.1 Å². The van der Waals surface area contributed by atoms with Gasteiger partial charge < -0.3 is 14.5 Å². The van der Waals surface area contributed by atoms with Crippen molar-refractivity contribution in [3.63, 3.8) is 0 Å². The van der Waals surface area contributed by atoms with Gasteiger partial charge in [-0.3, -0.25) is 0 Å². The Morgan fingerprint density at radius 2 is 2.35 bits per heavy atom. The van der Waals surface area contributed by atoms with Crippen LogP contribution in [0.25, 0.3) is 11.1 Å². The third kappa shape index (κ3) is 1.94. The fourth-order valence-electron chi connectivity index (χ4n) is 2.28. The van der Waals surface area contributed by atoms with Gasteiger partial charge in [0.1, 0.15) is 5.52 Å². The van der Waals surface area contributed by atoms with Crippen LogP contribution in [-0.4, -0.2) is 24.7 Å². The summed E-state index contributed by atoms with van der Waals surface area (Å²) in [4.78, 5) is 4.54. The molecule has 1 aliphatic rings. The number of nitrogens with one attached hydrogen (secondary N) is 1. The number of ether oxygens (including phenoxy) is 1. The zero-order valence-electron chi connectivity index (χ0n) is 10.1. The highest BCUT2D eigenvalue weighted by molar-refractivity contribution is 5.73. The molecular formula is C13H16N2O2. The molecule has 0 saturated carbocycles. The first-order chi connectivity index (χ1) is 8.26. The number of benzene rings is 1. The molecule has 0 spiro atoms. The second kappa shape index (κ2) is 4.13. The first-order valence-electron chi connectivity index (χ1n) is 5.89. The normalized spacial score (nSPS) is 24.6. The Morgan fingerprint density at radius 1 is 1.47 bits per heavy atom. The molecule has 4 nitrogen and oxygen atoms in total. The SMILES string of the molecule is COC1CNC(c2nc3cc(C)ccc3o2)C1. The fraction of sp³-hybridized carbons (Fsp3) is 0.462. The summed E-state index contributed by atoms with van der Waals surface area (Å²) in [5.74, 6) is 0.769. The van der Waals surface area contributed by atoms with Crippen LogP contribution in [0.5, 0.6) is 0 Å². The monoisotopic (exact) mass is 232 g/mol. The fourth-order valence-corrected chi connectivity index (χ4v) is 2.28. The highest BCUT2D eigenvalue weighted by Gasteiger charge is 2.28. The van der Waals surface area contributed by atoms with Gasteiger partial charge in [-0.25, -0.2) is 4.98 Å². The molecule has 1 saturated heterocycles. The van der Waals surface area contributed by atoms with E-state index in [0.717, 1.165) is 30.0 Å². The highest BCUT2D eigenvalue weighted by atomic mass is 16.5. The van der Waals surface area contributed by atoms with E-state index in [4.69, 9.17) is 9.15 Å². The van der Waals surface area contributed by atoms with Gasteiger partial charge in [0.15, 0.2) is 5.58 Å². The molecule has 2 unspecified atom stereocenters. The molecule has 1 N–H and O–H groups in total. The third-order valence-corrected chi connectivity index (χ3v) is 3.28. The maximum Gasteiger partial charge on any atom is 0.212 e. The average molecular weight is 232 g/mol. The van der Waals surface area contributed by atoms with E-state index in [9.17, 15) is 0 Å². The zero-order valence-corrected chi connectivity index (χ0v) is 10.1. The van der Waals surface area contributed by atoms with E-state index >= 15 is 0 Å². The standard InChI is InChI=1S/C13H16N2O2/c1-8-3-4-12-10(5-8)15-13(17-12)11-6-9(16-2)7-14-11/h3-5,9,11,14H,6-7H2,1-2H3. The number of hydrogen-bond donors (Lipinski definition) is 1. The van der Waals surface area contributed by atoms with Crippen molar-refractivity contribution in [2.75, 3.05) is 13.7 Å². The molecule has 2 aromatic rings. The van der Waals surface area contributed by atoms with E-state index in [1.807, 2.05) is 18.2 Å². The van der Waals surface area contributed by atoms with Gasteiger partial charge in [-0.2, -0.15) is 0 Å². The van der Waals surface area contributed by atoms with Crippen LogP contribution in [0.3, 0.4) is 0 Å². The minimum absolute atomic E-state index is 0.174. The quantitative estimate of drug-likeness (QED) is 0.862. The molecular weight excluding hydrogens is 216 g/mol. The first kappa shape index (κ1) is 10.7. The summed E-state index contributed by atoms with van der Waals surface area (Å²) in [6, 6.07) is 6.24. The molecule has 0 radical (unpaired) electrons. The smallest absolute Gasteiger partial charge is 0.212 e. The molecule has 1 aromatic carbocycles. The van der Waals surface area contributed by atoms with Crippen molar-refractivity contribution < 1.29 is 9.15 Å². The molecule has 3 rings (SSSR count). The third-order valence-electron chi connectivity index (χ3n) is 3.28. The van der Waals surface area contributed by atoms with Gasteiger partial charge >= 0.3 is 0 Å². The van der Waals surface area contributed by atoms with Crippen molar-refractivity contribution in [1.82, 2.24) is 10.3 Å². The Bertz CT molecular complexity index is 535. The van der Waals surface area contributed by atoms with Crippen molar-refractivity contribution in [2.24, 2.45) is 0 Å². The number of nitrogens with zero attached hydrogens (tertiary/aromatic N) is 1. The van der Waals surface area contributed by atoms with E-state index in [0.29, 0.717) is 0 Å². The van der Waals surface area contributed by atoms with Crippen LogP contribution in [0.1, 0.15) is 23.9 Å². The lowest BCUT2D eigenvalue weighted by atomic mass is 10.2. The molecule has 2 atom stereocenters. The van der Waals surface area contributed by atoms with Crippen LogP contribution in [0.4, 0.5) is 0 Å². The lowest BCUT2D eigenvalue weighted by Gasteiger charge is -2.04. The largest absolute Gasteiger partial charge is 0.439 e. The van der Waals surface area contributed by atoms with Crippen LogP contribution in [-0.2, 0) is 4.74 Å². The zero-order chi connectivity index (χ0) is 11.8. The molecule has 0 bridgehead atoms. The minimum Gasteiger partial charge on any atom is -0.439 e. The summed E-state index contributed by atoms with van der Waals surface area (Å²) in [6.07, 6.45) is 1.18. The van der Waals surface area contributed by atoms with Gasteiger partial charge in [-0.1, -0.05) is 6.07 Å². The predicted molar refractivity (Wildman–Crippen MR) is 64.9 cm³/mol. The summed E-state index contributed by atoms with van der Waals surface area (Å²) >= 11 is 0. The molecule has 17 heavy (non-hydrogen) atoms. The van der Waals surface area contributed by atoms with Crippen LogP contribution >= 0.6 is 0 Å². The lowest BCUT2D eigenvalue weighted by Crippen LogP contribution is -2.16. The summed E-state index contributed by atoms with van der Waals surface area (Å²) < 4.78 is 11.1. The Kier molecular flexibility index (Phi) is 2.61. The van der Waals surface area contributed by atoms with Gasteiger partial charge in [0.05, 0.1) is 12.1 Å². The molecule has 90 valence electrons. The van der Waals surface area contributed by atoms with E-state index < -0.39 is 0 Å².